The van der Waals surface area contributed by atoms with Crippen molar-refractivity contribution in [2.45, 2.75) is 45.3 Å². The highest BCUT2D eigenvalue weighted by Crippen LogP contribution is 2.41. The Hall–Kier alpha value is -3.96. The lowest BCUT2D eigenvalue weighted by Crippen LogP contribution is -2.44. The third-order valence-corrected chi connectivity index (χ3v) is 7.29. The van der Waals surface area contributed by atoms with Gasteiger partial charge in [0.05, 0.1) is 17.3 Å². The van der Waals surface area contributed by atoms with Crippen LogP contribution in [0.2, 0.25) is 0 Å². The lowest BCUT2D eigenvalue weighted by atomic mass is 9.97. The van der Waals surface area contributed by atoms with Crippen LogP contribution in [0.15, 0.2) is 36.4 Å². The summed E-state index contributed by atoms with van der Waals surface area (Å²) in [7, 11) is 0. The summed E-state index contributed by atoms with van der Waals surface area (Å²) in [6.45, 7) is 5.96. The number of halogens is 4. The van der Waals surface area contributed by atoms with Crippen molar-refractivity contribution in [2.75, 3.05) is 22.9 Å². The van der Waals surface area contributed by atoms with Gasteiger partial charge in [-0.2, -0.15) is 18.4 Å². The van der Waals surface area contributed by atoms with Crippen LogP contribution in [0.5, 0.6) is 0 Å². The molecule has 2 aromatic rings. The van der Waals surface area contributed by atoms with E-state index in [1.807, 2.05) is 0 Å². The van der Waals surface area contributed by atoms with Crippen molar-refractivity contribution in [1.29, 1.82) is 5.26 Å². The minimum atomic E-state index is -5.15. The van der Waals surface area contributed by atoms with E-state index in [1.165, 1.54) is 24.8 Å². The van der Waals surface area contributed by atoms with Crippen molar-refractivity contribution in [3.8, 4) is 17.9 Å². The molecule has 0 unspecified atom stereocenters. The van der Waals surface area contributed by atoms with Crippen LogP contribution in [0, 0.1) is 34.9 Å². The van der Waals surface area contributed by atoms with Crippen molar-refractivity contribution < 1.29 is 27.2 Å². The Kier molecular flexibility index (Phi) is 7.42. The number of carbonyl (C=O) groups excluding carboxylic acids is 2. The molecular formula is C28H24F4N4O2S. The fourth-order valence-corrected chi connectivity index (χ4v) is 5.28. The highest BCUT2D eigenvalue weighted by atomic mass is 32.1. The van der Waals surface area contributed by atoms with Crippen molar-refractivity contribution in [3.05, 3.63) is 58.9 Å². The van der Waals surface area contributed by atoms with Crippen LogP contribution in [-0.2, 0) is 15.8 Å². The first kappa shape index (κ1) is 28.1. The highest BCUT2D eigenvalue weighted by molar-refractivity contribution is 7.81. The predicted molar refractivity (Wildman–Crippen MR) is 141 cm³/mol. The maximum atomic E-state index is 15.2. The van der Waals surface area contributed by atoms with Crippen LogP contribution < -0.4 is 9.80 Å². The van der Waals surface area contributed by atoms with Gasteiger partial charge in [-0.25, -0.2) is 4.39 Å². The second-order valence-corrected chi connectivity index (χ2v) is 10.2. The second-order valence-electron chi connectivity index (χ2n) is 9.84. The number of alkyl halides is 3. The molecule has 0 aromatic heterocycles. The average molecular weight is 557 g/mol. The van der Waals surface area contributed by atoms with E-state index in [2.05, 4.69) is 11.8 Å². The molecule has 39 heavy (non-hydrogen) atoms. The van der Waals surface area contributed by atoms with Gasteiger partial charge in [0.1, 0.15) is 11.1 Å². The van der Waals surface area contributed by atoms with Crippen molar-refractivity contribution in [1.82, 2.24) is 4.90 Å². The number of thiocarbonyl (C=S) groups is 1. The molecule has 2 aliphatic heterocycles. The predicted octanol–water partition coefficient (Wildman–Crippen LogP) is 5.24. The van der Waals surface area contributed by atoms with Crippen LogP contribution >= 0.6 is 12.2 Å². The third-order valence-electron chi connectivity index (χ3n) is 6.92. The molecule has 6 nitrogen and oxygen atoms in total. The lowest BCUT2D eigenvalue weighted by molar-refractivity contribution is -0.140. The van der Waals surface area contributed by atoms with Gasteiger partial charge in [0.15, 0.2) is 10.9 Å². The molecule has 2 saturated heterocycles. The molecule has 0 bridgehead atoms. The number of rotatable bonds is 2. The Morgan fingerprint density at radius 3 is 2.26 bits per heavy atom. The maximum Gasteiger partial charge on any atom is 0.420 e. The van der Waals surface area contributed by atoms with Crippen LogP contribution in [0.1, 0.15) is 50.3 Å². The monoisotopic (exact) mass is 556 g/mol. The first-order valence-corrected chi connectivity index (χ1v) is 12.5. The third kappa shape index (κ3) is 5.19. The van der Waals surface area contributed by atoms with E-state index in [4.69, 9.17) is 17.5 Å². The van der Waals surface area contributed by atoms with Crippen molar-refractivity contribution >= 4 is 40.5 Å². The summed E-state index contributed by atoms with van der Waals surface area (Å²) in [4.78, 5) is 28.8. The number of carbonyl (C=O) groups is 2. The molecule has 0 saturated carbocycles. The molecule has 2 fully saturated rings. The van der Waals surface area contributed by atoms with E-state index >= 15 is 4.39 Å². The molecule has 2 aromatic carbocycles. The van der Waals surface area contributed by atoms with Gasteiger partial charge >= 0.3 is 6.18 Å². The van der Waals surface area contributed by atoms with Crippen molar-refractivity contribution in [2.24, 2.45) is 5.92 Å². The number of likely N-dealkylation sites (tertiary alicyclic amines) is 1. The molecule has 202 valence electrons. The number of hydrogen-bond donors (Lipinski definition) is 0. The van der Waals surface area contributed by atoms with Crippen LogP contribution in [0.4, 0.5) is 28.9 Å². The molecule has 11 heteroatoms. The number of nitrogens with zero attached hydrogens (tertiary/aromatic N) is 4. The summed E-state index contributed by atoms with van der Waals surface area (Å²) in [6.07, 6.45) is -3.56. The quantitative estimate of drug-likeness (QED) is 0.288. The number of nitriles is 1. The fourth-order valence-electron chi connectivity index (χ4n) is 4.77. The number of piperidine rings is 1. The van der Waals surface area contributed by atoms with Gasteiger partial charge in [-0.15, -0.1) is 0 Å². The van der Waals surface area contributed by atoms with Gasteiger partial charge in [-0.05, 0) is 75.3 Å². The summed E-state index contributed by atoms with van der Waals surface area (Å²) in [5, 5.41) is 8.85. The van der Waals surface area contributed by atoms with Crippen LogP contribution in [-0.4, -0.2) is 40.5 Å². The normalized spacial score (nSPS) is 17.6. The van der Waals surface area contributed by atoms with Gasteiger partial charge in [0.2, 0.25) is 5.91 Å². The van der Waals surface area contributed by atoms with E-state index in [0.29, 0.717) is 24.3 Å². The Morgan fingerprint density at radius 1 is 1.10 bits per heavy atom. The molecule has 0 atom stereocenters. The second kappa shape index (κ2) is 10.3. The Balaban J connectivity index is 1.60. The smallest absolute Gasteiger partial charge is 0.343 e. The number of hydrogen-bond acceptors (Lipinski definition) is 4. The van der Waals surface area contributed by atoms with Crippen molar-refractivity contribution in [3.63, 3.8) is 0 Å². The molecule has 0 radical (unpaired) electrons. The Labute approximate surface area is 228 Å². The van der Waals surface area contributed by atoms with Gasteiger partial charge < -0.3 is 9.80 Å². The zero-order chi connectivity index (χ0) is 28.7. The molecule has 2 heterocycles. The molecule has 4 rings (SSSR count). The maximum absolute atomic E-state index is 15.2. The van der Waals surface area contributed by atoms with E-state index in [0.717, 1.165) is 29.9 Å². The van der Waals surface area contributed by atoms with E-state index < -0.39 is 40.3 Å². The van der Waals surface area contributed by atoms with E-state index in [-0.39, 0.29) is 16.9 Å². The highest BCUT2D eigenvalue weighted by Gasteiger charge is 2.52. The standard InChI is InChI=1S/C28H24F4N4O2S/c1-17(37)34-14-12-19(13-15-34)5-4-18-6-9-21(10-7-18)36-26(39)35(25(38)27(36,2)3)22-11-8-20(16-33)23(24(22)29)28(30,31)32/h6-11,19H,12-15H2,1-3H3. The largest absolute Gasteiger partial charge is 0.420 e. The first-order chi connectivity index (χ1) is 18.3. The topological polar surface area (TPSA) is 67.7 Å². The lowest BCUT2D eigenvalue weighted by Gasteiger charge is -2.29. The van der Waals surface area contributed by atoms with E-state index in [9.17, 15) is 22.8 Å². The summed E-state index contributed by atoms with van der Waals surface area (Å²) >= 11 is 5.47. The molecule has 2 amide bonds. The van der Waals surface area contributed by atoms with Crippen LogP contribution in [0.3, 0.4) is 0 Å². The van der Waals surface area contributed by atoms with Crippen LogP contribution in [0.25, 0.3) is 0 Å². The zero-order valence-corrected chi connectivity index (χ0v) is 22.2. The van der Waals surface area contributed by atoms with Gasteiger partial charge in [-0.1, -0.05) is 11.8 Å². The van der Waals surface area contributed by atoms with E-state index in [1.54, 1.807) is 36.1 Å². The molecule has 2 aliphatic rings. The summed E-state index contributed by atoms with van der Waals surface area (Å²) in [5.41, 5.74) is -3.46. The molecule has 0 aliphatic carbocycles. The minimum absolute atomic E-state index is 0.0551. The Morgan fingerprint density at radius 2 is 1.72 bits per heavy atom. The molecule has 0 spiro atoms. The fraction of sp³-hybridized carbons (Fsp3) is 0.357. The SMILES string of the molecule is CC(=O)N1CCC(C#Cc2ccc(N3C(=S)N(c4ccc(C#N)c(C(F)(F)F)c4F)C(=O)C3(C)C)cc2)CC1. The number of benzene rings is 2. The summed E-state index contributed by atoms with van der Waals surface area (Å²) in [5.74, 6) is 4.12. The molecule has 0 N–H and O–H groups in total. The number of amides is 2. The summed E-state index contributed by atoms with van der Waals surface area (Å²) < 4.78 is 55.8. The summed E-state index contributed by atoms with van der Waals surface area (Å²) in [6, 6.07) is 9.96. The number of anilines is 2. The van der Waals surface area contributed by atoms with Gasteiger partial charge in [-0.3, -0.25) is 14.5 Å². The Bertz CT molecular complexity index is 1440. The minimum Gasteiger partial charge on any atom is -0.343 e. The average Bonchev–Trinajstić information content (AvgIpc) is 3.05. The van der Waals surface area contributed by atoms with Gasteiger partial charge in [0, 0.05) is 37.2 Å². The van der Waals surface area contributed by atoms with Gasteiger partial charge in [0.25, 0.3) is 5.91 Å². The zero-order valence-electron chi connectivity index (χ0n) is 21.4. The molecular weight excluding hydrogens is 532 g/mol. The first-order valence-electron chi connectivity index (χ1n) is 12.1.